The van der Waals surface area contributed by atoms with E-state index in [0.717, 1.165) is 49.1 Å². The van der Waals surface area contributed by atoms with Gasteiger partial charge in [-0.15, -0.1) is 11.3 Å². The van der Waals surface area contributed by atoms with Gasteiger partial charge in [-0.05, 0) is 45.0 Å². The number of nitrogens with zero attached hydrogens (tertiary/aromatic N) is 3. The maximum atomic E-state index is 12.6. The van der Waals surface area contributed by atoms with Crippen molar-refractivity contribution in [1.29, 1.82) is 0 Å². The molecule has 0 saturated carbocycles. The Morgan fingerprint density at radius 3 is 2.41 bits per heavy atom. The van der Waals surface area contributed by atoms with Crippen LogP contribution in [0.25, 0.3) is 0 Å². The first kappa shape index (κ1) is 19.7. The summed E-state index contributed by atoms with van der Waals surface area (Å²) in [6.45, 7) is 9.97. The summed E-state index contributed by atoms with van der Waals surface area (Å²) in [7, 11) is 0. The molecule has 1 N–H and O–H groups in total. The first-order valence-corrected chi connectivity index (χ1v) is 10.1. The Labute approximate surface area is 164 Å². The van der Waals surface area contributed by atoms with Crippen LogP contribution in [-0.4, -0.2) is 58.7 Å². The summed E-state index contributed by atoms with van der Waals surface area (Å²) in [5, 5.41) is 6.17. The molecule has 27 heavy (non-hydrogen) atoms. The van der Waals surface area contributed by atoms with E-state index >= 15 is 0 Å². The summed E-state index contributed by atoms with van der Waals surface area (Å²) in [6.07, 6.45) is 0. The molecule has 0 unspecified atom stereocenters. The molecule has 0 spiro atoms. The molecule has 0 aliphatic carbocycles. The number of piperazine rings is 1. The zero-order chi connectivity index (χ0) is 19.4. The lowest BCUT2D eigenvalue weighted by Gasteiger charge is -2.37. The van der Waals surface area contributed by atoms with E-state index in [9.17, 15) is 9.59 Å². The fourth-order valence-electron chi connectivity index (χ4n) is 3.22. The molecule has 1 fully saturated rings. The van der Waals surface area contributed by atoms with Gasteiger partial charge in [0.2, 0.25) is 5.91 Å². The van der Waals surface area contributed by atoms with Crippen molar-refractivity contribution < 1.29 is 9.59 Å². The Morgan fingerprint density at radius 1 is 1.19 bits per heavy atom. The summed E-state index contributed by atoms with van der Waals surface area (Å²) in [5.74, 6) is 0.000999. The summed E-state index contributed by atoms with van der Waals surface area (Å²) >= 11 is 1.69. The Hall–Kier alpha value is -2.09. The summed E-state index contributed by atoms with van der Waals surface area (Å²) in [5.41, 5.74) is 2.49. The van der Waals surface area contributed by atoms with Crippen LogP contribution in [0, 0.1) is 6.92 Å². The number of ketones is 1. The highest BCUT2D eigenvalue weighted by molar-refractivity contribution is 7.09. The molecule has 1 aliphatic heterocycles. The van der Waals surface area contributed by atoms with Crippen LogP contribution in [0.4, 0.5) is 5.69 Å². The fraction of sp³-hybridized carbons (Fsp3) is 0.450. The first-order chi connectivity index (χ1) is 12.9. The predicted octanol–water partition coefficient (Wildman–Crippen LogP) is 2.80. The molecule has 1 amide bonds. The zero-order valence-electron chi connectivity index (χ0n) is 16.1. The molecule has 7 heteroatoms. The number of aryl methyl sites for hydroxylation is 1. The van der Waals surface area contributed by atoms with Crippen molar-refractivity contribution in [2.45, 2.75) is 33.4 Å². The number of rotatable bonds is 6. The van der Waals surface area contributed by atoms with Gasteiger partial charge in [0.25, 0.3) is 0 Å². The number of thiazole rings is 1. The Balaban J connectivity index is 1.48. The van der Waals surface area contributed by atoms with Crippen molar-refractivity contribution in [2.75, 3.05) is 31.5 Å². The number of hydrogen-bond donors (Lipinski definition) is 1. The van der Waals surface area contributed by atoms with Crippen LogP contribution >= 0.6 is 11.3 Å². The molecule has 144 valence electrons. The van der Waals surface area contributed by atoms with Crippen LogP contribution in [-0.2, 0) is 11.3 Å². The maximum absolute atomic E-state index is 12.6. The van der Waals surface area contributed by atoms with E-state index in [1.165, 1.54) is 6.92 Å². The number of carbonyl (C=O) groups is 2. The highest BCUT2D eigenvalue weighted by Gasteiger charge is 2.25. The number of carbonyl (C=O) groups excluding carboxylic acids is 2. The van der Waals surface area contributed by atoms with Gasteiger partial charge in [-0.3, -0.25) is 19.4 Å². The third kappa shape index (κ3) is 5.22. The summed E-state index contributed by atoms with van der Waals surface area (Å²) in [6, 6.07) is 6.83. The van der Waals surface area contributed by atoms with E-state index in [2.05, 4.69) is 25.5 Å². The minimum absolute atomic E-state index is 0.0193. The molecule has 1 atom stereocenters. The largest absolute Gasteiger partial charge is 0.325 e. The highest BCUT2D eigenvalue weighted by Crippen LogP contribution is 2.15. The Bertz CT molecular complexity index is 795. The van der Waals surface area contributed by atoms with Crippen molar-refractivity contribution >= 4 is 28.7 Å². The van der Waals surface area contributed by atoms with Gasteiger partial charge in [-0.1, -0.05) is 0 Å². The lowest BCUT2D eigenvalue weighted by molar-refractivity contribution is -0.121. The predicted molar refractivity (Wildman–Crippen MR) is 108 cm³/mol. The van der Waals surface area contributed by atoms with Gasteiger partial charge >= 0.3 is 0 Å². The molecule has 1 aromatic heterocycles. The first-order valence-electron chi connectivity index (χ1n) is 9.21. The molecule has 0 radical (unpaired) electrons. The fourth-order valence-corrected chi connectivity index (χ4v) is 3.82. The molecular formula is C20H26N4O2S. The molecule has 1 aliphatic rings. The van der Waals surface area contributed by atoms with Crippen LogP contribution < -0.4 is 5.32 Å². The second-order valence-electron chi connectivity index (χ2n) is 6.97. The van der Waals surface area contributed by atoms with Gasteiger partial charge in [-0.2, -0.15) is 0 Å². The van der Waals surface area contributed by atoms with Gasteiger partial charge in [0.05, 0.1) is 16.7 Å². The quantitative estimate of drug-likeness (QED) is 0.774. The van der Waals surface area contributed by atoms with Crippen molar-refractivity contribution in [3.8, 4) is 0 Å². The van der Waals surface area contributed by atoms with Gasteiger partial charge in [-0.25, -0.2) is 4.98 Å². The maximum Gasteiger partial charge on any atom is 0.241 e. The minimum Gasteiger partial charge on any atom is -0.325 e. The monoisotopic (exact) mass is 386 g/mol. The molecule has 2 aromatic rings. The van der Waals surface area contributed by atoms with Gasteiger partial charge in [0.1, 0.15) is 0 Å². The molecule has 1 saturated heterocycles. The van der Waals surface area contributed by atoms with Gasteiger partial charge in [0.15, 0.2) is 5.78 Å². The van der Waals surface area contributed by atoms with E-state index in [1.54, 1.807) is 35.6 Å². The van der Waals surface area contributed by atoms with Gasteiger partial charge < -0.3 is 5.32 Å². The van der Waals surface area contributed by atoms with Crippen molar-refractivity contribution in [1.82, 2.24) is 14.8 Å². The van der Waals surface area contributed by atoms with Crippen molar-refractivity contribution in [2.24, 2.45) is 0 Å². The average Bonchev–Trinajstić information content (AvgIpc) is 3.07. The molecule has 6 nitrogen and oxygen atoms in total. The SMILES string of the molecule is CC(=O)c1ccc(NC(=O)[C@H](C)N2CCN(Cc3csc(C)n3)CC2)cc1. The Morgan fingerprint density at radius 2 is 1.85 bits per heavy atom. The second-order valence-corrected chi connectivity index (χ2v) is 8.03. The van der Waals surface area contributed by atoms with Gasteiger partial charge in [0, 0.05) is 49.4 Å². The van der Waals surface area contributed by atoms with Crippen molar-refractivity contribution in [3.05, 3.63) is 45.9 Å². The second kappa shape index (κ2) is 8.73. The molecule has 3 rings (SSSR count). The topological polar surface area (TPSA) is 65.5 Å². The highest BCUT2D eigenvalue weighted by atomic mass is 32.1. The number of anilines is 1. The number of benzene rings is 1. The van der Waals surface area contributed by atoms with Crippen LogP contribution in [0.1, 0.15) is 34.9 Å². The van der Waals surface area contributed by atoms with E-state index in [1.807, 2.05) is 13.8 Å². The number of aromatic nitrogens is 1. The molecule has 0 bridgehead atoms. The van der Waals surface area contributed by atoms with Crippen LogP contribution in [0.5, 0.6) is 0 Å². The smallest absolute Gasteiger partial charge is 0.241 e. The van der Waals surface area contributed by atoms with E-state index in [0.29, 0.717) is 5.56 Å². The minimum atomic E-state index is -0.193. The third-order valence-electron chi connectivity index (χ3n) is 4.95. The van der Waals surface area contributed by atoms with Crippen molar-refractivity contribution in [3.63, 3.8) is 0 Å². The lowest BCUT2D eigenvalue weighted by atomic mass is 10.1. The molecular weight excluding hydrogens is 360 g/mol. The number of amides is 1. The van der Waals surface area contributed by atoms with Crippen LogP contribution in [0.15, 0.2) is 29.6 Å². The lowest BCUT2D eigenvalue weighted by Crippen LogP contribution is -2.52. The number of Topliss-reactive ketones (excluding diaryl/α,β-unsaturated/α-hetero) is 1. The van der Waals surface area contributed by atoms with E-state index in [4.69, 9.17) is 0 Å². The zero-order valence-corrected chi connectivity index (χ0v) is 16.9. The Kier molecular flexibility index (Phi) is 6.36. The summed E-state index contributed by atoms with van der Waals surface area (Å²) in [4.78, 5) is 33.0. The van der Waals surface area contributed by atoms with E-state index < -0.39 is 0 Å². The number of nitrogens with one attached hydrogen (secondary N) is 1. The average molecular weight is 387 g/mol. The van der Waals surface area contributed by atoms with Crippen LogP contribution in [0.3, 0.4) is 0 Å². The summed E-state index contributed by atoms with van der Waals surface area (Å²) < 4.78 is 0. The number of hydrogen-bond acceptors (Lipinski definition) is 6. The molecule has 1 aromatic carbocycles. The van der Waals surface area contributed by atoms with Crippen LogP contribution in [0.2, 0.25) is 0 Å². The third-order valence-corrected chi connectivity index (χ3v) is 5.77. The molecule has 2 heterocycles. The van der Waals surface area contributed by atoms with E-state index in [-0.39, 0.29) is 17.7 Å². The normalized spacial score (nSPS) is 16.9. The standard InChI is InChI=1S/C20H26N4O2S/c1-14(20(26)22-18-6-4-17(5-7-18)15(2)25)24-10-8-23(9-11-24)12-19-13-27-16(3)21-19/h4-7,13-14H,8-12H2,1-3H3,(H,22,26)/t14-/m0/s1.